The number of piperidine rings is 1. The Balaban J connectivity index is 1.69. The van der Waals surface area contributed by atoms with Crippen molar-refractivity contribution in [3.63, 3.8) is 0 Å². The van der Waals surface area contributed by atoms with E-state index in [1.165, 1.54) is 18.8 Å². The summed E-state index contributed by atoms with van der Waals surface area (Å²) in [4.78, 5) is 10.4. The molecule has 25 heavy (non-hydrogen) atoms. The molecule has 1 aromatic carbocycles. The van der Waals surface area contributed by atoms with E-state index < -0.39 is 27.4 Å². The quantitative estimate of drug-likeness (QED) is 0.878. The van der Waals surface area contributed by atoms with Crippen molar-refractivity contribution in [2.75, 3.05) is 22.7 Å². The van der Waals surface area contributed by atoms with Crippen LogP contribution in [0.5, 0.6) is 0 Å². The first-order valence-corrected chi connectivity index (χ1v) is 9.59. The van der Waals surface area contributed by atoms with Gasteiger partial charge in [0.1, 0.15) is 11.6 Å². The third-order valence-corrected chi connectivity index (χ3v) is 5.14. The van der Waals surface area contributed by atoms with E-state index in [9.17, 15) is 17.2 Å². The SMILES string of the molecule is O=S(=O)(Cc1cc(F)ccc1F)Nc1cnc(N2CCCCC2)nc1. The maximum atomic E-state index is 13.6. The fraction of sp³-hybridized carbons (Fsp3) is 0.375. The van der Waals surface area contributed by atoms with Crippen LogP contribution in [-0.4, -0.2) is 31.5 Å². The lowest BCUT2D eigenvalue weighted by Gasteiger charge is -2.26. The van der Waals surface area contributed by atoms with Crippen LogP contribution >= 0.6 is 0 Å². The van der Waals surface area contributed by atoms with Gasteiger partial charge in [-0.05, 0) is 37.5 Å². The minimum Gasteiger partial charge on any atom is -0.341 e. The number of benzene rings is 1. The van der Waals surface area contributed by atoms with Crippen molar-refractivity contribution in [3.05, 3.63) is 47.8 Å². The highest BCUT2D eigenvalue weighted by atomic mass is 32.2. The molecule has 3 rings (SSSR count). The molecule has 0 bridgehead atoms. The van der Waals surface area contributed by atoms with E-state index in [2.05, 4.69) is 14.7 Å². The van der Waals surface area contributed by atoms with Crippen LogP contribution in [0, 0.1) is 11.6 Å². The molecule has 0 unspecified atom stereocenters. The molecule has 1 saturated heterocycles. The van der Waals surface area contributed by atoms with Gasteiger partial charge in [-0.1, -0.05) is 0 Å². The lowest BCUT2D eigenvalue weighted by Crippen LogP contribution is -2.30. The monoisotopic (exact) mass is 368 g/mol. The largest absolute Gasteiger partial charge is 0.341 e. The zero-order valence-corrected chi connectivity index (χ0v) is 14.3. The molecule has 1 aromatic heterocycles. The van der Waals surface area contributed by atoms with Crippen LogP contribution in [-0.2, 0) is 15.8 Å². The van der Waals surface area contributed by atoms with Crippen LogP contribution < -0.4 is 9.62 Å². The molecule has 0 radical (unpaired) electrons. The van der Waals surface area contributed by atoms with E-state index in [1.54, 1.807) is 0 Å². The van der Waals surface area contributed by atoms with Gasteiger partial charge in [0.2, 0.25) is 16.0 Å². The number of anilines is 2. The number of rotatable bonds is 5. The molecule has 134 valence electrons. The Hall–Kier alpha value is -2.29. The summed E-state index contributed by atoms with van der Waals surface area (Å²) >= 11 is 0. The summed E-state index contributed by atoms with van der Waals surface area (Å²) in [6.45, 7) is 1.76. The van der Waals surface area contributed by atoms with Gasteiger partial charge in [0.15, 0.2) is 0 Å². The number of hydrogen-bond donors (Lipinski definition) is 1. The molecular weight excluding hydrogens is 350 g/mol. The smallest absolute Gasteiger partial charge is 0.237 e. The van der Waals surface area contributed by atoms with Gasteiger partial charge in [0.25, 0.3) is 0 Å². The molecule has 0 amide bonds. The van der Waals surface area contributed by atoms with Crippen molar-refractivity contribution in [1.82, 2.24) is 9.97 Å². The highest BCUT2D eigenvalue weighted by Crippen LogP contribution is 2.18. The van der Waals surface area contributed by atoms with Crippen LogP contribution in [0.1, 0.15) is 24.8 Å². The van der Waals surface area contributed by atoms with E-state index in [0.717, 1.165) is 44.1 Å². The Kier molecular flexibility index (Phi) is 5.12. The molecule has 0 aliphatic carbocycles. The highest BCUT2D eigenvalue weighted by molar-refractivity contribution is 7.91. The summed E-state index contributed by atoms with van der Waals surface area (Å²) in [5, 5.41) is 0. The van der Waals surface area contributed by atoms with Gasteiger partial charge in [-0.3, -0.25) is 4.72 Å². The topological polar surface area (TPSA) is 75.2 Å². The molecule has 1 aliphatic rings. The van der Waals surface area contributed by atoms with Gasteiger partial charge in [-0.2, -0.15) is 0 Å². The summed E-state index contributed by atoms with van der Waals surface area (Å²) in [7, 11) is -3.91. The van der Waals surface area contributed by atoms with Crippen molar-refractivity contribution in [2.24, 2.45) is 0 Å². The summed E-state index contributed by atoms with van der Waals surface area (Å²) in [5.41, 5.74) is -0.0593. The Morgan fingerprint density at radius 1 is 1.08 bits per heavy atom. The van der Waals surface area contributed by atoms with Crippen LogP contribution in [0.15, 0.2) is 30.6 Å². The van der Waals surface area contributed by atoms with E-state index in [-0.39, 0.29) is 11.3 Å². The highest BCUT2D eigenvalue weighted by Gasteiger charge is 2.17. The van der Waals surface area contributed by atoms with Gasteiger partial charge in [0, 0.05) is 18.7 Å². The summed E-state index contributed by atoms with van der Waals surface area (Å²) < 4.78 is 53.4. The maximum Gasteiger partial charge on any atom is 0.237 e. The molecule has 6 nitrogen and oxygen atoms in total. The number of aromatic nitrogens is 2. The molecule has 0 atom stereocenters. The summed E-state index contributed by atoms with van der Waals surface area (Å²) in [6.07, 6.45) is 6.09. The zero-order valence-electron chi connectivity index (χ0n) is 13.5. The van der Waals surface area contributed by atoms with E-state index >= 15 is 0 Å². The predicted octanol–water partition coefficient (Wildman–Crippen LogP) is 2.69. The van der Waals surface area contributed by atoms with Crippen LogP contribution in [0.25, 0.3) is 0 Å². The summed E-state index contributed by atoms with van der Waals surface area (Å²) in [5.74, 6) is -1.59. The average molecular weight is 368 g/mol. The minimum absolute atomic E-state index is 0.178. The lowest BCUT2D eigenvalue weighted by atomic mass is 10.1. The van der Waals surface area contributed by atoms with E-state index in [4.69, 9.17) is 0 Å². The van der Waals surface area contributed by atoms with Crippen molar-refractivity contribution in [2.45, 2.75) is 25.0 Å². The normalized spacial score (nSPS) is 15.2. The first kappa shape index (κ1) is 17.5. The predicted molar refractivity (Wildman–Crippen MR) is 90.7 cm³/mol. The fourth-order valence-corrected chi connectivity index (χ4v) is 3.87. The first-order chi connectivity index (χ1) is 11.9. The van der Waals surface area contributed by atoms with Gasteiger partial charge in [-0.15, -0.1) is 0 Å². The van der Waals surface area contributed by atoms with Gasteiger partial charge >= 0.3 is 0 Å². The van der Waals surface area contributed by atoms with Gasteiger partial charge < -0.3 is 4.90 Å². The van der Waals surface area contributed by atoms with E-state index in [1.807, 2.05) is 4.90 Å². The molecule has 1 fully saturated rings. The van der Waals surface area contributed by atoms with Crippen molar-refractivity contribution in [3.8, 4) is 0 Å². The maximum absolute atomic E-state index is 13.6. The van der Waals surface area contributed by atoms with Crippen molar-refractivity contribution < 1.29 is 17.2 Å². The Labute approximate surface area is 145 Å². The molecule has 9 heteroatoms. The lowest BCUT2D eigenvalue weighted by molar-refractivity contribution is 0.568. The molecule has 0 saturated carbocycles. The number of nitrogens with zero attached hydrogens (tertiary/aromatic N) is 3. The second-order valence-electron chi connectivity index (χ2n) is 5.92. The molecule has 2 heterocycles. The standard InChI is InChI=1S/C16H18F2N4O2S/c17-13-4-5-15(18)12(8-13)11-25(23,24)21-14-9-19-16(20-10-14)22-6-2-1-3-7-22/h4-5,8-10,21H,1-3,6-7,11H2. The Morgan fingerprint density at radius 3 is 2.44 bits per heavy atom. The Bertz CT molecular complexity index is 838. The number of nitrogens with one attached hydrogen (secondary N) is 1. The second-order valence-corrected chi connectivity index (χ2v) is 7.64. The second kappa shape index (κ2) is 7.30. The number of hydrogen-bond acceptors (Lipinski definition) is 5. The van der Waals surface area contributed by atoms with Crippen LogP contribution in [0.2, 0.25) is 0 Å². The van der Waals surface area contributed by atoms with Crippen LogP contribution in [0.3, 0.4) is 0 Å². The van der Waals surface area contributed by atoms with Crippen LogP contribution in [0.4, 0.5) is 20.4 Å². The minimum atomic E-state index is -3.91. The molecule has 0 spiro atoms. The van der Waals surface area contributed by atoms with Crippen molar-refractivity contribution in [1.29, 1.82) is 0 Å². The van der Waals surface area contributed by atoms with Crippen molar-refractivity contribution >= 4 is 21.7 Å². The molecule has 2 aromatic rings. The zero-order chi connectivity index (χ0) is 17.9. The average Bonchev–Trinajstić information content (AvgIpc) is 2.59. The molecule has 1 aliphatic heterocycles. The fourth-order valence-electron chi connectivity index (χ4n) is 2.71. The number of sulfonamides is 1. The number of halogens is 2. The molecular formula is C16H18F2N4O2S. The van der Waals surface area contributed by atoms with Gasteiger partial charge in [0.05, 0.1) is 23.8 Å². The van der Waals surface area contributed by atoms with Gasteiger partial charge in [-0.25, -0.2) is 27.2 Å². The molecule has 1 N–H and O–H groups in total. The van der Waals surface area contributed by atoms with E-state index in [0.29, 0.717) is 5.95 Å². The third-order valence-electron chi connectivity index (χ3n) is 3.90. The third kappa shape index (κ3) is 4.62. The summed E-state index contributed by atoms with van der Waals surface area (Å²) in [6, 6.07) is 2.70. The first-order valence-electron chi connectivity index (χ1n) is 7.94. The Morgan fingerprint density at radius 2 is 1.76 bits per heavy atom.